The van der Waals surface area contributed by atoms with Crippen molar-refractivity contribution in [3.63, 3.8) is 0 Å². The monoisotopic (exact) mass is 332 g/mol. The quantitative estimate of drug-likeness (QED) is 0.874. The van der Waals surface area contributed by atoms with Gasteiger partial charge in [-0.1, -0.05) is 11.6 Å². The molecule has 2 aromatic carbocycles. The molecule has 0 bridgehead atoms. The Kier molecular flexibility index (Phi) is 4.57. The van der Waals surface area contributed by atoms with Crippen molar-refractivity contribution in [2.75, 3.05) is 24.0 Å². The summed E-state index contributed by atoms with van der Waals surface area (Å²) in [6, 6.07) is 11.0. The topological polar surface area (TPSA) is 59.6 Å². The van der Waals surface area contributed by atoms with E-state index in [1.165, 1.54) is 0 Å². The van der Waals surface area contributed by atoms with Crippen molar-refractivity contribution in [2.45, 2.75) is 13.3 Å². The van der Waals surface area contributed by atoms with E-state index in [1.807, 2.05) is 25.1 Å². The molecular weight excluding hydrogens is 316 g/mol. The van der Waals surface area contributed by atoms with E-state index in [2.05, 4.69) is 10.6 Å². The molecule has 3 rings (SSSR count). The second kappa shape index (κ2) is 6.79. The van der Waals surface area contributed by atoms with Gasteiger partial charge in [0, 0.05) is 35.4 Å². The molecule has 1 aliphatic heterocycles. The number of fused-ring (bicyclic) bond motifs is 1. The number of hydrogen-bond acceptors (Lipinski definition) is 4. The molecule has 0 spiro atoms. The highest BCUT2D eigenvalue weighted by Crippen LogP contribution is 2.34. The van der Waals surface area contributed by atoms with Crippen LogP contribution >= 0.6 is 11.6 Å². The molecule has 0 aliphatic carbocycles. The third-order valence-corrected chi connectivity index (χ3v) is 3.75. The SMILES string of the molecule is Cc1cc(Cl)ccc1NCCC(=O)Nc1ccc2c(c1)OCO2. The molecule has 0 radical (unpaired) electrons. The van der Waals surface area contributed by atoms with Gasteiger partial charge in [0.1, 0.15) is 0 Å². The predicted octanol–water partition coefficient (Wildman–Crippen LogP) is 3.82. The number of nitrogens with one attached hydrogen (secondary N) is 2. The van der Waals surface area contributed by atoms with Gasteiger partial charge in [-0.3, -0.25) is 4.79 Å². The first kappa shape index (κ1) is 15.5. The minimum absolute atomic E-state index is 0.0667. The second-order valence-electron chi connectivity index (χ2n) is 5.25. The molecule has 1 aliphatic rings. The number of carbonyl (C=O) groups is 1. The van der Waals surface area contributed by atoms with Gasteiger partial charge in [0.15, 0.2) is 11.5 Å². The standard InChI is InChI=1S/C17H17ClN2O3/c1-11-8-12(18)2-4-14(11)19-7-6-17(21)20-13-3-5-15-16(9-13)23-10-22-15/h2-5,8-9,19H,6-7,10H2,1H3,(H,20,21). The Hall–Kier alpha value is -2.40. The molecule has 0 aromatic heterocycles. The first-order valence-electron chi connectivity index (χ1n) is 7.31. The van der Waals surface area contributed by atoms with Crippen LogP contribution in [0.1, 0.15) is 12.0 Å². The third-order valence-electron chi connectivity index (χ3n) is 3.51. The molecule has 6 heteroatoms. The lowest BCUT2D eigenvalue weighted by molar-refractivity contribution is -0.115. The van der Waals surface area contributed by atoms with E-state index in [0.717, 1.165) is 11.3 Å². The lowest BCUT2D eigenvalue weighted by atomic mass is 10.2. The molecule has 1 heterocycles. The van der Waals surface area contributed by atoms with Gasteiger partial charge in [-0.15, -0.1) is 0 Å². The first-order chi connectivity index (χ1) is 11.1. The molecule has 2 N–H and O–H groups in total. The van der Waals surface area contributed by atoms with Gasteiger partial charge < -0.3 is 20.1 Å². The van der Waals surface area contributed by atoms with Crippen LogP contribution in [0.3, 0.4) is 0 Å². The number of hydrogen-bond donors (Lipinski definition) is 2. The number of ether oxygens (including phenoxy) is 2. The molecule has 5 nitrogen and oxygen atoms in total. The summed E-state index contributed by atoms with van der Waals surface area (Å²) >= 11 is 5.92. The van der Waals surface area contributed by atoms with Crippen molar-refractivity contribution in [2.24, 2.45) is 0 Å². The molecule has 1 amide bonds. The van der Waals surface area contributed by atoms with Gasteiger partial charge in [-0.25, -0.2) is 0 Å². The van der Waals surface area contributed by atoms with Crippen LogP contribution < -0.4 is 20.1 Å². The summed E-state index contributed by atoms with van der Waals surface area (Å²) in [6.45, 7) is 2.73. The lowest BCUT2D eigenvalue weighted by Gasteiger charge is -2.10. The fourth-order valence-electron chi connectivity index (χ4n) is 2.33. The van der Waals surface area contributed by atoms with Crippen molar-refractivity contribution in [1.29, 1.82) is 0 Å². The molecule has 0 atom stereocenters. The molecule has 2 aromatic rings. The predicted molar refractivity (Wildman–Crippen MR) is 90.5 cm³/mol. The van der Waals surface area contributed by atoms with Crippen molar-refractivity contribution in [3.05, 3.63) is 47.0 Å². The number of anilines is 2. The van der Waals surface area contributed by atoms with Crippen LogP contribution in [0.5, 0.6) is 11.5 Å². The molecule has 0 saturated heterocycles. The largest absolute Gasteiger partial charge is 0.454 e. The third kappa shape index (κ3) is 3.87. The number of carbonyl (C=O) groups excluding carboxylic acids is 1. The minimum atomic E-state index is -0.0667. The van der Waals surface area contributed by atoms with Gasteiger partial charge >= 0.3 is 0 Å². The highest BCUT2D eigenvalue weighted by Gasteiger charge is 2.14. The minimum Gasteiger partial charge on any atom is -0.454 e. The summed E-state index contributed by atoms with van der Waals surface area (Å²) in [5.41, 5.74) is 2.72. The Labute approximate surface area is 139 Å². The Morgan fingerprint density at radius 3 is 2.83 bits per heavy atom. The number of rotatable bonds is 5. The molecule has 0 unspecified atom stereocenters. The maximum Gasteiger partial charge on any atom is 0.231 e. The van der Waals surface area contributed by atoms with Gasteiger partial charge in [-0.05, 0) is 42.8 Å². The van der Waals surface area contributed by atoms with E-state index < -0.39 is 0 Å². The zero-order chi connectivity index (χ0) is 16.2. The van der Waals surface area contributed by atoms with Crippen LogP contribution in [0.15, 0.2) is 36.4 Å². The van der Waals surface area contributed by atoms with Gasteiger partial charge in [0.25, 0.3) is 0 Å². The van der Waals surface area contributed by atoms with Crippen molar-refractivity contribution >= 4 is 28.9 Å². The summed E-state index contributed by atoms with van der Waals surface area (Å²) < 4.78 is 10.5. The van der Waals surface area contributed by atoms with Crippen molar-refractivity contribution in [3.8, 4) is 11.5 Å². The average Bonchev–Trinajstić information content (AvgIpc) is 2.97. The number of halogens is 1. The van der Waals surface area contributed by atoms with Gasteiger partial charge in [0.2, 0.25) is 12.7 Å². The normalized spacial score (nSPS) is 12.1. The van der Waals surface area contributed by atoms with E-state index >= 15 is 0 Å². The number of aryl methyl sites for hydroxylation is 1. The van der Waals surface area contributed by atoms with E-state index in [4.69, 9.17) is 21.1 Å². The van der Waals surface area contributed by atoms with Crippen LogP contribution in [0, 0.1) is 6.92 Å². The smallest absolute Gasteiger partial charge is 0.231 e. The maximum atomic E-state index is 12.0. The first-order valence-corrected chi connectivity index (χ1v) is 7.69. The second-order valence-corrected chi connectivity index (χ2v) is 5.69. The highest BCUT2D eigenvalue weighted by molar-refractivity contribution is 6.30. The Morgan fingerprint density at radius 2 is 2.00 bits per heavy atom. The summed E-state index contributed by atoms with van der Waals surface area (Å²) in [5.74, 6) is 1.28. The Bertz CT molecular complexity index is 734. The average molecular weight is 333 g/mol. The summed E-state index contributed by atoms with van der Waals surface area (Å²) in [6.07, 6.45) is 0.358. The van der Waals surface area contributed by atoms with E-state index in [0.29, 0.717) is 35.2 Å². The van der Waals surface area contributed by atoms with Crippen LogP contribution in [0.25, 0.3) is 0 Å². The number of amides is 1. The lowest BCUT2D eigenvalue weighted by Crippen LogP contribution is -2.16. The van der Waals surface area contributed by atoms with Crippen LogP contribution in [-0.2, 0) is 4.79 Å². The van der Waals surface area contributed by atoms with Gasteiger partial charge in [-0.2, -0.15) is 0 Å². The van der Waals surface area contributed by atoms with E-state index in [9.17, 15) is 4.79 Å². The fraction of sp³-hybridized carbons (Fsp3) is 0.235. The zero-order valence-electron chi connectivity index (χ0n) is 12.7. The molecular formula is C17H17ClN2O3. The highest BCUT2D eigenvalue weighted by atomic mass is 35.5. The zero-order valence-corrected chi connectivity index (χ0v) is 13.4. The van der Waals surface area contributed by atoms with Crippen molar-refractivity contribution in [1.82, 2.24) is 0 Å². The molecule has 120 valence electrons. The van der Waals surface area contributed by atoms with Crippen LogP contribution in [-0.4, -0.2) is 19.2 Å². The van der Waals surface area contributed by atoms with E-state index in [-0.39, 0.29) is 12.7 Å². The Balaban J connectivity index is 1.50. The molecule has 0 fully saturated rings. The van der Waals surface area contributed by atoms with Crippen LogP contribution in [0.2, 0.25) is 5.02 Å². The number of benzene rings is 2. The van der Waals surface area contributed by atoms with Crippen LogP contribution in [0.4, 0.5) is 11.4 Å². The Morgan fingerprint density at radius 1 is 1.17 bits per heavy atom. The summed E-state index contributed by atoms with van der Waals surface area (Å²) in [5, 5.41) is 6.78. The van der Waals surface area contributed by atoms with Crippen molar-refractivity contribution < 1.29 is 14.3 Å². The molecule has 0 saturated carbocycles. The summed E-state index contributed by atoms with van der Waals surface area (Å²) in [7, 11) is 0. The molecule has 23 heavy (non-hydrogen) atoms. The summed E-state index contributed by atoms with van der Waals surface area (Å²) in [4.78, 5) is 12.0. The fourth-order valence-corrected chi connectivity index (χ4v) is 2.56. The van der Waals surface area contributed by atoms with Gasteiger partial charge in [0.05, 0.1) is 0 Å². The van der Waals surface area contributed by atoms with E-state index in [1.54, 1.807) is 18.2 Å². The maximum absolute atomic E-state index is 12.0.